The number of H-pyrrole nitrogens is 1. The van der Waals surface area contributed by atoms with Crippen LogP contribution in [0.1, 0.15) is 49.9 Å². The van der Waals surface area contributed by atoms with Crippen LogP contribution in [0.25, 0.3) is 11.0 Å². The van der Waals surface area contributed by atoms with Gasteiger partial charge in [-0.2, -0.15) is 5.26 Å². The maximum absolute atomic E-state index is 9.10. The van der Waals surface area contributed by atoms with Crippen molar-refractivity contribution in [1.82, 2.24) is 9.97 Å². The zero-order valence-corrected chi connectivity index (χ0v) is 11.2. The lowest BCUT2D eigenvalue weighted by Crippen LogP contribution is -2.04. The maximum Gasteiger partial charge on any atom is 0.107 e. The number of aromatic amines is 1. The van der Waals surface area contributed by atoms with Crippen LogP contribution in [0.3, 0.4) is 0 Å². The summed E-state index contributed by atoms with van der Waals surface area (Å²) in [5, 5.41) is 9.10. The number of hydrogen-bond donors (Lipinski definition) is 1. The third-order valence-corrected chi connectivity index (χ3v) is 4.14. The van der Waals surface area contributed by atoms with Crippen LogP contribution < -0.4 is 0 Å². The summed E-state index contributed by atoms with van der Waals surface area (Å²) in [7, 11) is 0. The van der Waals surface area contributed by atoms with Gasteiger partial charge in [-0.15, -0.1) is 0 Å². The molecule has 1 N–H and O–H groups in total. The van der Waals surface area contributed by atoms with E-state index in [2.05, 4.69) is 16.0 Å². The van der Waals surface area contributed by atoms with Gasteiger partial charge in [0.15, 0.2) is 0 Å². The molecule has 0 amide bonds. The Balaban J connectivity index is 1.83. The minimum atomic E-state index is 0.667. The van der Waals surface area contributed by atoms with Crippen molar-refractivity contribution >= 4 is 11.0 Å². The quantitative estimate of drug-likeness (QED) is 0.824. The minimum Gasteiger partial charge on any atom is -0.342 e. The lowest BCUT2D eigenvalue weighted by Gasteiger charge is -2.11. The summed E-state index contributed by atoms with van der Waals surface area (Å²) in [6.45, 7) is 0. The number of nitrogens with one attached hydrogen (secondary N) is 1. The molecular weight excluding hydrogens is 234 g/mol. The summed E-state index contributed by atoms with van der Waals surface area (Å²) in [6.07, 6.45) is 9.15. The highest BCUT2D eigenvalue weighted by Crippen LogP contribution is 2.26. The number of fused-ring (bicyclic) bond motifs is 1. The van der Waals surface area contributed by atoms with Crippen molar-refractivity contribution in [2.45, 2.75) is 44.9 Å². The SMILES string of the molecule is N#Cc1cccc2[nH]c(CC3CCCCCC3)nc12. The van der Waals surface area contributed by atoms with Crippen LogP contribution in [0.4, 0.5) is 0 Å². The predicted octanol–water partition coefficient (Wildman–Crippen LogP) is 3.95. The highest BCUT2D eigenvalue weighted by molar-refractivity contribution is 5.81. The fourth-order valence-corrected chi connectivity index (χ4v) is 3.11. The molecule has 0 unspecified atom stereocenters. The number of nitrogens with zero attached hydrogens (tertiary/aromatic N) is 2. The average molecular weight is 253 g/mol. The zero-order valence-electron chi connectivity index (χ0n) is 11.2. The van der Waals surface area contributed by atoms with E-state index in [1.54, 1.807) is 0 Å². The van der Waals surface area contributed by atoms with Gasteiger partial charge >= 0.3 is 0 Å². The number of nitriles is 1. The first kappa shape index (κ1) is 12.2. The van der Waals surface area contributed by atoms with Crippen LogP contribution in [0.2, 0.25) is 0 Å². The Morgan fingerprint density at radius 3 is 2.74 bits per heavy atom. The lowest BCUT2D eigenvalue weighted by atomic mass is 9.96. The molecule has 1 aliphatic carbocycles. The fourth-order valence-electron chi connectivity index (χ4n) is 3.11. The van der Waals surface area contributed by atoms with Crippen LogP contribution in [0.5, 0.6) is 0 Å². The second-order valence-electron chi connectivity index (χ2n) is 5.56. The first-order valence-corrected chi connectivity index (χ1v) is 7.24. The molecule has 1 saturated carbocycles. The van der Waals surface area contributed by atoms with E-state index in [0.29, 0.717) is 5.56 Å². The normalized spacial score (nSPS) is 17.2. The molecular formula is C16H19N3. The van der Waals surface area contributed by atoms with E-state index in [0.717, 1.165) is 29.2 Å². The summed E-state index contributed by atoms with van der Waals surface area (Å²) in [5.41, 5.74) is 2.48. The van der Waals surface area contributed by atoms with Crippen molar-refractivity contribution in [3.05, 3.63) is 29.6 Å². The number of benzene rings is 1. The third-order valence-electron chi connectivity index (χ3n) is 4.14. The molecule has 0 spiro atoms. The second-order valence-corrected chi connectivity index (χ2v) is 5.56. The summed E-state index contributed by atoms with van der Waals surface area (Å²) < 4.78 is 0. The Kier molecular flexibility index (Phi) is 3.50. The third kappa shape index (κ3) is 2.63. The number of para-hydroxylation sites is 1. The van der Waals surface area contributed by atoms with Crippen molar-refractivity contribution in [1.29, 1.82) is 5.26 Å². The number of hydrogen-bond acceptors (Lipinski definition) is 2. The summed E-state index contributed by atoms with van der Waals surface area (Å²) in [5.74, 6) is 1.80. The molecule has 0 atom stereocenters. The van der Waals surface area contributed by atoms with Gasteiger partial charge in [-0.3, -0.25) is 0 Å². The van der Waals surface area contributed by atoms with Gasteiger partial charge in [0.05, 0.1) is 11.1 Å². The monoisotopic (exact) mass is 253 g/mol. The molecule has 3 heteroatoms. The lowest BCUT2D eigenvalue weighted by molar-refractivity contribution is 0.450. The Morgan fingerprint density at radius 1 is 1.21 bits per heavy atom. The molecule has 1 aromatic carbocycles. The fraction of sp³-hybridized carbons (Fsp3) is 0.500. The number of aromatic nitrogens is 2. The maximum atomic E-state index is 9.10. The molecule has 0 aliphatic heterocycles. The van der Waals surface area contributed by atoms with Crippen molar-refractivity contribution in [2.24, 2.45) is 5.92 Å². The smallest absolute Gasteiger partial charge is 0.107 e. The largest absolute Gasteiger partial charge is 0.342 e. The van der Waals surface area contributed by atoms with E-state index in [1.165, 1.54) is 38.5 Å². The van der Waals surface area contributed by atoms with Gasteiger partial charge in [0.2, 0.25) is 0 Å². The van der Waals surface area contributed by atoms with E-state index >= 15 is 0 Å². The van der Waals surface area contributed by atoms with Gasteiger partial charge in [0.1, 0.15) is 17.4 Å². The van der Waals surface area contributed by atoms with Crippen LogP contribution in [0, 0.1) is 17.2 Å². The number of imidazole rings is 1. The molecule has 3 nitrogen and oxygen atoms in total. The topological polar surface area (TPSA) is 52.5 Å². The van der Waals surface area contributed by atoms with Crippen molar-refractivity contribution < 1.29 is 0 Å². The molecule has 3 rings (SSSR count). The summed E-state index contributed by atoms with van der Waals surface area (Å²) in [6, 6.07) is 7.96. The van der Waals surface area contributed by atoms with Gasteiger partial charge in [0, 0.05) is 6.42 Å². The predicted molar refractivity (Wildman–Crippen MR) is 75.7 cm³/mol. The molecule has 1 heterocycles. The molecule has 0 saturated heterocycles. The first-order chi connectivity index (χ1) is 9.36. The molecule has 1 aromatic heterocycles. The van der Waals surface area contributed by atoms with Gasteiger partial charge in [-0.05, 0) is 18.1 Å². The molecule has 0 radical (unpaired) electrons. The van der Waals surface area contributed by atoms with Crippen LogP contribution in [-0.4, -0.2) is 9.97 Å². The Labute approximate surface area is 113 Å². The Morgan fingerprint density at radius 2 is 2.00 bits per heavy atom. The van der Waals surface area contributed by atoms with Crippen molar-refractivity contribution in [3.63, 3.8) is 0 Å². The Bertz CT molecular complexity index is 598. The van der Waals surface area contributed by atoms with Gasteiger partial charge in [-0.25, -0.2) is 4.98 Å². The van der Waals surface area contributed by atoms with Gasteiger partial charge < -0.3 is 4.98 Å². The van der Waals surface area contributed by atoms with E-state index in [1.807, 2.05) is 18.2 Å². The Hall–Kier alpha value is -1.82. The highest BCUT2D eigenvalue weighted by atomic mass is 14.9. The van der Waals surface area contributed by atoms with Gasteiger partial charge in [0.25, 0.3) is 0 Å². The molecule has 1 fully saturated rings. The molecule has 0 bridgehead atoms. The molecule has 98 valence electrons. The molecule has 1 aliphatic rings. The zero-order chi connectivity index (χ0) is 13.1. The van der Waals surface area contributed by atoms with Crippen LogP contribution in [0.15, 0.2) is 18.2 Å². The van der Waals surface area contributed by atoms with E-state index in [9.17, 15) is 0 Å². The van der Waals surface area contributed by atoms with Crippen molar-refractivity contribution in [3.8, 4) is 6.07 Å². The standard InChI is InChI=1S/C16H19N3/c17-11-13-8-5-9-14-16(13)19-15(18-14)10-12-6-3-1-2-4-7-12/h5,8-9,12H,1-4,6-7,10H2,(H,18,19). The van der Waals surface area contributed by atoms with E-state index in [-0.39, 0.29) is 0 Å². The average Bonchev–Trinajstić information content (AvgIpc) is 2.66. The number of rotatable bonds is 2. The van der Waals surface area contributed by atoms with Crippen LogP contribution >= 0.6 is 0 Å². The minimum absolute atomic E-state index is 0.667. The summed E-state index contributed by atoms with van der Waals surface area (Å²) in [4.78, 5) is 8.01. The van der Waals surface area contributed by atoms with E-state index in [4.69, 9.17) is 5.26 Å². The van der Waals surface area contributed by atoms with Gasteiger partial charge in [-0.1, -0.05) is 44.6 Å². The van der Waals surface area contributed by atoms with Crippen LogP contribution in [-0.2, 0) is 6.42 Å². The molecule has 19 heavy (non-hydrogen) atoms. The highest BCUT2D eigenvalue weighted by Gasteiger charge is 2.15. The first-order valence-electron chi connectivity index (χ1n) is 7.24. The van der Waals surface area contributed by atoms with E-state index < -0.39 is 0 Å². The second kappa shape index (κ2) is 5.44. The summed E-state index contributed by atoms with van der Waals surface area (Å²) >= 11 is 0. The van der Waals surface area contributed by atoms with Crippen molar-refractivity contribution in [2.75, 3.05) is 0 Å². The molecule has 2 aromatic rings.